The number of ketones is 1. The fourth-order valence-electron chi connectivity index (χ4n) is 3.63. The van der Waals surface area contributed by atoms with Gasteiger partial charge in [0, 0.05) is 16.8 Å². The number of nitrogens with zero attached hydrogens (tertiary/aromatic N) is 1. The summed E-state index contributed by atoms with van der Waals surface area (Å²) in [5.74, 6) is -4.47. The normalized spacial score (nSPS) is 17.5. The van der Waals surface area contributed by atoms with Crippen LogP contribution in [0.3, 0.4) is 0 Å². The highest BCUT2D eigenvalue weighted by Gasteiger charge is 2.47. The number of aromatic carboxylic acids is 1. The molecule has 1 saturated heterocycles. The molecule has 0 spiro atoms. The van der Waals surface area contributed by atoms with Gasteiger partial charge < -0.3 is 15.3 Å². The molecule has 1 amide bonds. The van der Waals surface area contributed by atoms with Gasteiger partial charge in [0.25, 0.3) is 11.7 Å². The minimum absolute atomic E-state index is 0.0191. The zero-order chi connectivity index (χ0) is 23.0. The topological polar surface area (TPSA) is 115 Å². The Labute approximate surface area is 181 Å². The van der Waals surface area contributed by atoms with E-state index in [0.717, 1.165) is 4.90 Å². The van der Waals surface area contributed by atoms with Crippen LogP contribution in [0, 0.1) is 5.82 Å². The summed E-state index contributed by atoms with van der Waals surface area (Å²) in [5, 5.41) is 29.5. The van der Waals surface area contributed by atoms with Crippen molar-refractivity contribution in [2.75, 3.05) is 4.90 Å². The van der Waals surface area contributed by atoms with Crippen LogP contribution in [0.2, 0.25) is 0 Å². The molecule has 7 nitrogen and oxygen atoms in total. The number of rotatable bonds is 4. The Morgan fingerprint density at radius 2 is 1.44 bits per heavy atom. The van der Waals surface area contributed by atoms with Crippen molar-refractivity contribution in [2.45, 2.75) is 6.04 Å². The van der Waals surface area contributed by atoms with Gasteiger partial charge in [0.1, 0.15) is 17.3 Å². The van der Waals surface area contributed by atoms with Crippen LogP contribution in [0.5, 0.6) is 5.75 Å². The first kappa shape index (κ1) is 20.8. The molecule has 1 aliphatic heterocycles. The van der Waals surface area contributed by atoms with E-state index >= 15 is 0 Å². The molecule has 32 heavy (non-hydrogen) atoms. The number of amides is 1. The quantitative estimate of drug-likeness (QED) is 0.327. The zero-order valence-electron chi connectivity index (χ0n) is 16.4. The molecule has 0 saturated carbocycles. The molecule has 1 heterocycles. The van der Waals surface area contributed by atoms with E-state index < -0.39 is 35.3 Å². The average Bonchev–Trinajstić information content (AvgIpc) is 3.04. The molecule has 3 aromatic rings. The molecule has 0 aromatic heterocycles. The SMILES string of the molecule is O=C1C(=O)N(c2ccc(C(=O)O)cc2)C(c2ccccc2F)/C1=C(\O)c1ccc(O)cc1. The third-order valence-corrected chi connectivity index (χ3v) is 5.18. The lowest BCUT2D eigenvalue weighted by atomic mass is 9.94. The molecule has 0 bridgehead atoms. The van der Waals surface area contributed by atoms with Crippen LogP contribution < -0.4 is 4.90 Å². The second-order valence-corrected chi connectivity index (χ2v) is 7.09. The van der Waals surface area contributed by atoms with E-state index in [0.29, 0.717) is 0 Å². The van der Waals surface area contributed by atoms with Crippen molar-refractivity contribution in [3.05, 3.63) is 101 Å². The van der Waals surface area contributed by atoms with Crippen molar-refractivity contribution in [3.8, 4) is 5.75 Å². The van der Waals surface area contributed by atoms with E-state index in [-0.39, 0.29) is 33.7 Å². The van der Waals surface area contributed by atoms with Gasteiger partial charge in [0.15, 0.2) is 0 Å². The van der Waals surface area contributed by atoms with Crippen LogP contribution in [0.15, 0.2) is 78.4 Å². The van der Waals surface area contributed by atoms with E-state index in [1.165, 1.54) is 72.8 Å². The number of hydrogen-bond donors (Lipinski definition) is 3. The summed E-state index contributed by atoms with van der Waals surface area (Å²) in [6, 6.07) is 14.8. The Morgan fingerprint density at radius 3 is 2.03 bits per heavy atom. The number of aromatic hydroxyl groups is 1. The number of aliphatic hydroxyl groups excluding tert-OH is 1. The molecule has 1 atom stereocenters. The van der Waals surface area contributed by atoms with Crippen LogP contribution in [0.1, 0.15) is 27.5 Å². The molecule has 3 N–H and O–H groups in total. The summed E-state index contributed by atoms with van der Waals surface area (Å²) in [5.41, 5.74) is -0.0576. The number of benzene rings is 3. The van der Waals surface area contributed by atoms with Crippen LogP contribution in [-0.2, 0) is 9.59 Å². The first-order chi connectivity index (χ1) is 15.3. The highest BCUT2D eigenvalue weighted by molar-refractivity contribution is 6.51. The highest BCUT2D eigenvalue weighted by Crippen LogP contribution is 2.43. The van der Waals surface area contributed by atoms with Gasteiger partial charge in [-0.05, 0) is 54.6 Å². The molecule has 0 radical (unpaired) electrons. The lowest BCUT2D eigenvalue weighted by molar-refractivity contribution is -0.132. The zero-order valence-corrected chi connectivity index (χ0v) is 16.4. The molecule has 0 aliphatic carbocycles. The fraction of sp³-hybridized carbons (Fsp3) is 0.0417. The van der Waals surface area contributed by atoms with Crippen molar-refractivity contribution in [1.29, 1.82) is 0 Å². The second-order valence-electron chi connectivity index (χ2n) is 7.09. The number of anilines is 1. The Kier molecular flexibility index (Phi) is 5.19. The monoisotopic (exact) mass is 433 g/mol. The number of carboxylic acids is 1. The number of Topliss-reactive ketones (excluding diaryl/α,β-unsaturated/α-hetero) is 1. The molecule has 1 aliphatic rings. The minimum atomic E-state index is -1.29. The fourth-order valence-corrected chi connectivity index (χ4v) is 3.63. The maximum Gasteiger partial charge on any atom is 0.335 e. The summed E-state index contributed by atoms with van der Waals surface area (Å²) in [7, 11) is 0. The van der Waals surface area contributed by atoms with Gasteiger partial charge in [-0.25, -0.2) is 9.18 Å². The largest absolute Gasteiger partial charge is 0.508 e. The van der Waals surface area contributed by atoms with Gasteiger partial charge in [-0.2, -0.15) is 0 Å². The summed E-state index contributed by atoms with van der Waals surface area (Å²) in [6.45, 7) is 0. The van der Waals surface area contributed by atoms with E-state index in [2.05, 4.69) is 0 Å². The Balaban J connectivity index is 1.94. The average molecular weight is 433 g/mol. The number of halogens is 1. The molecular weight excluding hydrogens is 417 g/mol. The third-order valence-electron chi connectivity index (χ3n) is 5.18. The maximum absolute atomic E-state index is 14.8. The van der Waals surface area contributed by atoms with Crippen molar-refractivity contribution >= 4 is 29.1 Å². The van der Waals surface area contributed by atoms with E-state index in [9.17, 15) is 29.0 Å². The van der Waals surface area contributed by atoms with Gasteiger partial charge in [0.2, 0.25) is 0 Å². The number of hydrogen-bond acceptors (Lipinski definition) is 5. The van der Waals surface area contributed by atoms with E-state index in [1.807, 2.05) is 0 Å². The molecule has 8 heteroatoms. The molecular formula is C24H16FNO6. The third kappa shape index (κ3) is 3.47. The van der Waals surface area contributed by atoms with Crippen molar-refractivity contribution in [1.82, 2.24) is 0 Å². The summed E-state index contributed by atoms with van der Waals surface area (Å²) in [6.07, 6.45) is 0. The Bertz CT molecular complexity index is 1260. The number of phenols is 1. The van der Waals surface area contributed by atoms with Crippen LogP contribution in [0.25, 0.3) is 5.76 Å². The van der Waals surface area contributed by atoms with Crippen molar-refractivity contribution in [3.63, 3.8) is 0 Å². The molecule has 1 fully saturated rings. The highest BCUT2D eigenvalue weighted by atomic mass is 19.1. The van der Waals surface area contributed by atoms with Crippen molar-refractivity contribution in [2.24, 2.45) is 0 Å². The second kappa shape index (κ2) is 7.99. The predicted molar refractivity (Wildman–Crippen MR) is 113 cm³/mol. The summed E-state index contributed by atoms with van der Waals surface area (Å²) >= 11 is 0. The molecule has 4 rings (SSSR count). The first-order valence-corrected chi connectivity index (χ1v) is 9.48. The lowest BCUT2D eigenvalue weighted by Crippen LogP contribution is -2.29. The first-order valence-electron chi connectivity index (χ1n) is 9.48. The maximum atomic E-state index is 14.8. The minimum Gasteiger partial charge on any atom is -0.508 e. The molecule has 160 valence electrons. The number of carbonyl (C=O) groups is 3. The summed E-state index contributed by atoms with van der Waals surface area (Å²) in [4.78, 5) is 38.1. The Hall–Kier alpha value is -4.46. The smallest absolute Gasteiger partial charge is 0.335 e. The van der Waals surface area contributed by atoms with Gasteiger partial charge in [0.05, 0.1) is 17.2 Å². The standard InChI is InChI=1S/C24H16FNO6/c25-18-4-2-1-3-17(18)20-19(21(28)13-7-11-16(27)12-8-13)22(29)23(30)26(20)15-9-5-14(6-10-15)24(31)32/h1-12,20,27-28H,(H,31,32)/b21-19+. The molecule has 3 aromatic carbocycles. The predicted octanol–water partition coefficient (Wildman–Crippen LogP) is 3.86. The number of aliphatic hydroxyl groups is 1. The van der Waals surface area contributed by atoms with Crippen LogP contribution >= 0.6 is 0 Å². The van der Waals surface area contributed by atoms with Crippen LogP contribution in [-0.4, -0.2) is 33.0 Å². The molecule has 1 unspecified atom stereocenters. The van der Waals surface area contributed by atoms with Gasteiger partial charge >= 0.3 is 5.97 Å². The number of carbonyl (C=O) groups excluding carboxylic acids is 2. The number of carboxylic acid groups (broad SMARTS) is 1. The van der Waals surface area contributed by atoms with E-state index in [1.54, 1.807) is 0 Å². The Morgan fingerprint density at radius 1 is 0.844 bits per heavy atom. The van der Waals surface area contributed by atoms with Crippen LogP contribution in [0.4, 0.5) is 10.1 Å². The summed E-state index contributed by atoms with van der Waals surface area (Å²) < 4.78 is 14.8. The van der Waals surface area contributed by atoms with Gasteiger partial charge in [-0.15, -0.1) is 0 Å². The number of phenolic OH excluding ortho intramolecular Hbond substituents is 1. The lowest BCUT2D eigenvalue weighted by Gasteiger charge is -2.25. The van der Waals surface area contributed by atoms with Crippen molar-refractivity contribution < 1.29 is 34.1 Å². The van der Waals surface area contributed by atoms with Gasteiger partial charge in [-0.1, -0.05) is 18.2 Å². The van der Waals surface area contributed by atoms with Gasteiger partial charge in [-0.3, -0.25) is 14.5 Å². The van der Waals surface area contributed by atoms with E-state index in [4.69, 9.17) is 5.11 Å².